The summed E-state index contributed by atoms with van der Waals surface area (Å²) in [5.41, 5.74) is 2.64. The number of ether oxygens (including phenoxy) is 1. The normalized spacial score (nSPS) is 16.4. The van der Waals surface area contributed by atoms with E-state index < -0.39 is 0 Å². The predicted molar refractivity (Wildman–Crippen MR) is 71.7 cm³/mol. The van der Waals surface area contributed by atoms with Gasteiger partial charge in [-0.05, 0) is 50.9 Å². The lowest BCUT2D eigenvalue weighted by Gasteiger charge is -2.16. The van der Waals surface area contributed by atoms with E-state index >= 15 is 0 Å². The van der Waals surface area contributed by atoms with Crippen molar-refractivity contribution in [2.75, 3.05) is 26.2 Å². The zero-order valence-electron chi connectivity index (χ0n) is 11.0. The molecule has 0 radical (unpaired) electrons. The molecule has 2 heteroatoms. The van der Waals surface area contributed by atoms with Gasteiger partial charge in [-0.15, -0.1) is 0 Å². The van der Waals surface area contributed by atoms with E-state index in [1.807, 2.05) is 0 Å². The van der Waals surface area contributed by atoms with E-state index in [0.29, 0.717) is 0 Å². The van der Waals surface area contributed by atoms with Gasteiger partial charge >= 0.3 is 0 Å². The Labute approximate surface area is 105 Å². The summed E-state index contributed by atoms with van der Waals surface area (Å²) in [5.74, 6) is 1.07. The van der Waals surface area contributed by atoms with Crippen molar-refractivity contribution < 1.29 is 4.74 Å². The maximum absolute atomic E-state index is 5.90. The summed E-state index contributed by atoms with van der Waals surface area (Å²) in [7, 11) is 0. The third-order valence-electron chi connectivity index (χ3n) is 3.46. The lowest BCUT2D eigenvalue weighted by atomic mass is 10.1. The smallest absolute Gasteiger partial charge is 0.122 e. The molecule has 0 atom stereocenters. The van der Waals surface area contributed by atoms with E-state index in [1.54, 1.807) is 0 Å². The van der Waals surface area contributed by atoms with Crippen molar-refractivity contribution in [3.8, 4) is 5.75 Å². The summed E-state index contributed by atoms with van der Waals surface area (Å²) in [6.45, 7) is 8.69. The van der Waals surface area contributed by atoms with Crippen LogP contribution in [-0.2, 0) is 6.42 Å². The molecular weight excluding hydrogens is 210 g/mol. The number of aryl methyl sites for hydroxylation is 2. The molecule has 0 amide bonds. The van der Waals surface area contributed by atoms with Crippen LogP contribution < -0.4 is 4.74 Å². The molecule has 1 aromatic carbocycles. The SMILES string of the molecule is CCc1cc(C)ccc1OCCN1CCCC1. The van der Waals surface area contributed by atoms with Crippen LogP contribution in [0.5, 0.6) is 5.75 Å². The molecule has 0 aliphatic carbocycles. The Morgan fingerprint density at radius 3 is 2.71 bits per heavy atom. The Hall–Kier alpha value is -1.02. The van der Waals surface area contributed by atoms with E-state index in [1.165, 1.54) is 37.1 Å². The zero-order valence-corrected chi connectivity index (χ0v) is 11.0. The number of hydrogen-bond acceptors (Lipinski definition) is 2. The van der Waals surface area contributed by atoms with Crippen LogP contribution in [0.3, 0.4) is 0 Å². The van der Waals surface area contributed by atoms with Crippen molar-refractivity contribution in [1.82, 2.24) is 4.90 Å². The van der Waals surface area contributed by atoms with Crippen molar-refractivity contribution in [3.63, 3.8) is 0 Å². The molecule has 1 aliphatic heterocycles. The van der Waals surface area contributed by atoms with Gasteiger partial charge in [-0.2, -0.15) is 0 Å². The zero-order chi connectivity index (χ0) is 12.1. The fourth-order valence-corrected chi connectivity index (χ4v) is 2.42. The van der Waals surface area contributed by atoms with Gasteiger partial charge in [0.2, 0.25) is 0 Å². The molecule has 1 saturated heterocycles. The minimum Gasteiger partial charge on any atom is -0.492 e. The van der Waals surface area contributed by atoms with Gasteiger partial charge in [0.25, 0.3) is 0 Å². The Balaban J connectivity index is 1.85. The fraction of sp³-hybridized carbons (Fsp3) is 0.600. The molecule has 2 nitrogen and oxygen atoms in total. The van der Waals surface area contributed by atoms with Crippen molar-refractivity contribution >= 4 is 0 Å². The number of likely N-dealkylation sites (tertiary alicyclic amines) is 1. The van der Waals surface area contributed by atoms with E-state index in [4.69, 9.17) is 4.74 Å². The quantitative estimate of drug-likeness (QED) is 0.775. The summed E-state index contributed by atoms with van der Waals surface area (Å²) in [6, 6.07) is 6.47. The van der Waals surface area contributed by atoms with Gasteiger partial charge in [0, 0.05) is 6.54 Å². The third kappa shape index (κ3) is 3.47. The number of nitrogens with zero attached hydrogens (tertiary/aromatic N) is 1. The van der Waals surface area contributed by atoms with Crippen molar-refractivity contribution in [2.24, 2.45) is 0 Å². The molecule has 0 aromatic heterocycles. The van der Waals surface area contributed by atoms with E-state index in [2.05, 4.69) is 36.9 Å². The van der Waals surface area contributed by atoms with Crippen molar-refractivity contribution in [1.29, 1.82) is 0 Å². The van der Waals surface area contributed by atoms with Crippen molar-refractivity contribution in [2.45, 2.75) is 33.1 Å². The predicted octanol–water partition coefficient (Wildman–Crippen LogP) is 3.03. The molecule has 1 heterocycles. The second-order valence-corrected chi connectivity index (χ2v) is 4.86. The highest BCUT2D eigenvalue weighted by atomic mass is 16.5. The molecular formula is C15H23NO. The van der Waals surface area contributed by atoms with Crippen LogP contribution in [0, 0.1) is 6.92 Å². The standard InChI is InChI=1S/C15H23NO/c1-3-14-12-13(2)6-7-15(14)17-11-10-16-8-4-5-9-16/h6-7,12H,3-5,8-11H2,1-2H3. The minimum absolute atomic E-state index is 0.816. The van der Waals surface area contributed by atoms with E-state index in [0.717, 1.165) is 25.3 Å². The summed E-state index contributed by atoms with van der Waals surface area (Å²) in [6.07, 6.45) is 3.75. The number of rotatable bonds is 5. The lowest BCUT2D eigenvalue weighted by molar-refractivity contribution is 0.236. The van der Waals surface area contributed by atoms with Crippen LogP contribution in [0.15, 0.2) is 18.2 Å². The van der Waals surface area contributed by atoms with E-state index in [-0.39, 0.29) is 0 Å². The average molecular weight is 233 g/mol. The van der Waals surface area contributed by atoms with Crippen LogP contribution in [0.4, 0.5) is 0 Å². The van der Waals surface area contributed by atoms with Crippen LogP contribution in [0.1, 0.15) is 30.9 Å². The van der Waals surface area contributed by atoms with Gasteiger partial charge in [-0.1, -0.05) is 24.6 Å². The van der Waals surface area contributed by atoms with Gasteiger partial charge in [0.15, 0.2) is 0 Å². The maximum Gasteiger partial charge on any atom is 0.122 e. The molecule has 1 aliphatic rings. The first-order valence-electron chi connectivity index (χ1n) is 6.74. The van der Waals surface area contributed by atoms with Gasteiger partial charge in [0.05, 0.1) is 0 Å². The Morgan fingerprint density at radius 2 is 2.00 bits per heavy atom. The first-order chi connectivity index (χ1) is 8.29. The van der Waals surface area contributed by atoms with E-state index in [9.17, 15) is 0 Å². The average Bonchev–Trinajstić information content (AvgIpc) is 2.84. The lowest BCUT2D eigenvalue weighted by Crippen LogP contribution is -2.25. The number of hydrogen-bond donors (Lipinski definition) is 0. The molecule has 2 rings (SSSR count). The molecule has 94 valence electrons. The highest BCUT2D eigenvalue weighted by molar-refractivity contribution is 5.36. The Bertz CT molecular complexity index is 356. The minimum atomic E-state index is 0.816. The first-order valence-corrected chi connectivity index (χ1v) is 6.74. The monoisotopic (exact) mass is 233 g/mol. The fourth-order valence-electron chi connectivity index (χ4n) is 2.42. The molecule has 17 heavy (non-hydrogen) atoms. The molecule has 1 fully saturated rings. The first kappa shape index (κ1) is 12.4. The van der Waals surface area contributed by atoms with Crippen LogP contribution in [-0.4, -0.2) is 31.1 Å². The topological polar surface area (TPSA) is 12.5 Å². The maximum atomic E-state index is 5.90. The van der Waals surface area contributed by atoms with Gasteiger partial charge in [-0.25, -0.2) is 0 Å². The van der Waals surface area contributed by atoms with Crippen LogP contribution in [0.2, 0.25) is 0 Å². The molecule has 0 bridgehead atoms. The summed E-state index contributed by atoms with van der Waals surface area (Å²) in [4.78, 5) is 2.49. The largest absolute Gasteiger partial charge is 0.492 e. The van der Waals surface area contributed by atoms with Gasteiger partial charge in [-0.3, -0.25) is 4.90 Å². The molecule has 0 unspecified atom stereocenters. The highest BCUT2D eigenvalue weighted by Crippen LogP contribution is 2.20. The van der Waals surface area contributed by atoms with Crippen LogP contribution >= 0.6 is 0 Å². The summed E-state index contributed by atoms with van der Waals surface area (Å²) >= 11 is 0. The van der Waals surface area contributed by atoms with Crippen molar-refractivity contribution in [3.05, 3.63) is 29.3 Å². The third-order valence-corrected chi connectivity index (χ3v) is 3.46. The summed E-state index contributed by atoms with van der Waals surface area (Å²) in [5, 5.41) is 0. The summed E-state index contributed by atoms with van der Waals surface area (Å²) < 4.78 is 5.90. The Kier molecular flexibility index (Phi) is 4.43. The number of benzene rings is 1. The Morgan fingerprint density at radius 1 is 1.24 bits per heavy atom. The molecule has 1 aromatic rings. The van der Waals surface area contributed by atoms with Crippen LogP contribution in [0.25, 0.3) is 0 Å². The van der Waals surface area contributed by atoms with Gasteiger partial charge < -0.3 is 4.74 Å². The molecule has 0 spiro atoms. The highest BCUT2D eigenvalue weighted by Gasteiger charge is 2.11. The molecule has 0 N–H and O–H groups in total. The molecule has 0 saturated carbocycles. The van der Waals surface area contributed by atoms with Gasteiger partial charge in [0.1, 0.15) is 12.4 Å². The second-order valence-electron chi connectivity index (χ2n) is 4.86. The second kappa shape index (κ2) is 6.06.